The number of carbonyl (C=O) groups excluding carboxylic acids is 2. The molecule has 0 radical (unpaired) electrons. The van der Waals surface area contributed by atoms with E-state index in [2.05, 4.69) is 5.32 Å². The van der Waals surface area contributed by atoms with Crippen LogP contribution in [0.4, 0.5) is 14.5 Å². The SMILES string of the molecule is CC(=O)Cc1ccc(SC[C@](C)(O)C(=O)Nc2ccc(C#N)c(C(C)(F)F)c2)cc1. The number of carbonyl (C=O) groups is 2. The van der Waals surface area contributed by atoms with E-state index in [1.54, 1.807) is 18.2 Å². The van der Waals surface area contributed by atoms with Crippen LogP contribution in [-0.2, 0) is 21.9 Å². The van der Waals surface area contributed by atoms with Gasteiger partial charge in [0.25, 0.3) is 11.8 Å². The van der Waals surface area contributed by atoms with Gasteiger partial charge < -0.3 is 10.4 Å². The van der Waals surface area contributed by atoms with Gasteiger partial charge in [-0.2, -0.15) is 5.26 Å². The molecule has 0 aliphatic heterocycles. The summed E-state index contributed by atoms with van der Waals surface area (Å²) in [5.74, 6) is -3.92. The maximum Gasteiger partial charge on any atom is 0.271 e. The topological polar surface area (TPSA) is 90.2 Å². The molecule has 0 aromatic heterocycles. The van der Waals surface area contributed by atoms with Crippen molar-refractivity contribution in [2.45, 2.75) is 43.6 Å². The van der Waals surface area contributed by atoms with Crippen molar-refractivity contribution in [3.05, 3.63) is 59.2 Å². The number of nitrogens with zero attached hydrogens (tertiary/aromatic N) is 1. The first kappa shape index (κ1) is 23.5. The number of aliphatic hydroxyl groups is 1. The minimum Gasteiger partial charge on any atom is -0.379 e. The first-order valence-electron chi connectivity index (χ1n) is 9.10. The van der Waals surface area contributed by atoms with Gasteiger partial charge in [-0.3, -0.25) is 9.59 Å². The number of anilines is 1. The summed E-state index contributed by atoms with van der Waals surface area (Å²) in [7, 11) is 0. The molecule has 0 unspecified atom stereocenters. The zero-order valence-corrected chi connectivity index (χ0v) is 17.6. The number of alkyl halides is 2. The number of thioether (sulfide) groups is 1. The van der Waals surface area contributed by atoms with Crippen LogP contribution in [-0.4, -0.2) is 28.2 Å². The van der Waals surface area contributed by atoms with Gasteiger partial charge in [-0.1, -0.05) is 12.1 Å². The van der Waals surface area contributed by atoms with Crippen molar-refractivity contribution >= 4 is 29.1 Å². The lowest BCUT2D eigenvalue weighted by Crippen LogP contribution is -2.42. The predicted octanol–water partition coefficient (Wildman–Crippen LogP) is 4.28. The number of amides is 1. The number of hydrogen-bond acceptors (Lipinski definition) is 5. The molecule has 0 aliphatic rings. The van der Waals surface area contributed by atoms with Gasteiger partial charge in [-0.15, -0.1) is 11.8 Å². The third-order valence-electron chi connectivity index (χ3n) is 4.26. The fourth-order valence-corrected chi connectivity index (χ4v) is 3.54. The fraction of sp³-hybridized carbons (Fsp3) is 0.318. The molecule has 2 N–H and O–H groups in total. The molecule has 158 valence electrons. The lowest BCUT2D eigenvalue weighted by atomic mass is 10.0. The van der Waals surface area contributed by atoms with Gasteiger partial charge in [-0.05, 0) is 49.7 Å². The fourth-order valence-electron chi connectivity index (χ4n) is 2.63. The Balaban J connectivity index is 2.05. The molecule has 0 fully saturated rings. The molecule has 2 aromatic carbocycles. The number of nitriles is 1. The van der Waals surface area contributed by atoms with Crippen LogP contribution >= 0.6 is 11.8 Å². The standard InChI is InChI=1S/C22H22F2N2O3S/c1-14(27)10-15-4-8-18(9-5-15)30-13-21(2,29)20(28)26-17-7-6-16(12-25)19(11-17)22(3,23)24/h4-9,11,29H,10,13H2,1-3H3,(H,26,28)/t21-/m0/s1. The summed E-state index contributed by atoms with van der Waals surface area (Å²) < 4.78 is 27.4. The maximum absolute atomic E-state index is 13.7. The molecular formula is C22H22F2N2O3S. The Morgan fingerprint density at radius 2 is 1.80 bits per heavy atom. The maximum atomic E-state index is 13.7. The summed E-state index contributed by atoms with van der Waals surface area (Å²) >= 11 is 1.25. The number of benzene rings is 2. The van der Waals surface area contributed by atoms with Crippen LogP contribution in [0.15, 0.2) is 47.4 Å². The van der Waals surface area contributed by atoms with Gasteiger partial charge in [0.2, 0.25) is 0 Å². The van der Waals surface area contributed by atoms with Crippen molar-refractivity contribution in [2.75, 3.05) is 11.1 Å². The van der Waals surface area contributed by atoms with Crippen molar-refractivity contribution in [2.24, 2.45) is 0 Å². The molecule has 0 saturated carbocycles. The highest BCUT2D eigenvalue weighted by Crippen LogP contribution is 2.32. The lowest BCUT2D eigenvalue weighted by Gasteiger charge is -2.22. The summed E-state index contributed by atoms with van der Waals surface area (Å²) in [4.78, 5) is 24.4. The first-order valence-corrected chi connectivity index (χ1v) is 10.1. The summed E-state index contributed by atoms with van der Waals surface area (Å²) in [6, 6.07) is 12.5. The van der Waals surface area contributed by atoms with Crippen molar-refractivity contribution in [3.63, 3.8) is 0 Å². The monoisotopic (exact) mass is 432 g/mol. The summed E-state index contributed by atoms with van der Waals surface area (Å²) in [5, 5.41) is 22.0. The van der Waals surface area contributed by atoms with Gasteiger partial charge in [0.1, 0.15) is 11.4 Å². The van der Waals surface area contributed by atoms with E-state index in [9.17, 15) is 23.5 Å². The predicted molar refractivity (Wildman–Crippen MR) is 112 cm³/mol. The highest BCUT2D eigenvalue weighted by atomic mass is 32.2. The largest absolute Gasteiger partial charge is 0.379 e. The van der Waals surface area contributed by atoms with Gasteiger partial charge in [-0.25, -0.2) is 8.78 Å². The average molecular weight is 432 g/mol. The molecule has 8 heteroatoms. The highest BCUT2D eigenvalue weighted by Gasteiger charge is 2.32. The molecular weight excluding hydrogens is 410 g/mol. The number of nitrogens with one attached hydrogen (secondary N) is 1. The second-order valence-corrected chi connectivity index (χ2v) is 8.35. The van der Waals surface area contributed by atoms with E-state index in [-0.39, 0.29) is 22.8 Å². The normalized spacial score (nSPS) is 13.2. The Labute approximate surface area is 178 Å². The first-order chi connectivity index (χ1) is 13.9. The molecule has 2 aromatic rings. The molecule has 0 bridgehead atoms. The van der Waals surface area contributed by atoms with E-state index in [0.717, 1.165) is 16.5 Å². The Morgan fingerprint density at radius 3 is 2.33 bits per heavy atom. The van der Waals surface area contributed by atoms with Gasteiger partial charge >= 0.3 is 0 Å². The zero-order valence-electron chi connectivity index (χ0n) is 16.8. The Bertz CT molecular complexity index is 977. The average Bonchev–Trinajstić information content (AvgIpc) is 2.66. The highest BCUT2D eigenvalue weighted by molar-refractivity contribution is 7.99. The molecule has 1 amide bonds. The Kier molecular flexibility index (Phi) is 7.34. The number of ketones is 1. The molecule has 2 rings (SSSR count). The van der Waals surface area contributed by atoms with Crippen LogP contribution in [0.1, 0.15) is 37.5 Å². The van der Waals surface area contributed by atoms with Crippen LogP contribution in [0.25, 0.3) is 0 Å². The van der Waals surface area contributed by atoms with Crippen LogP contribution in [0.2, 0.25) is 0 Å². The third kappa shape index (κ3) is 6.37. The summed E-state index contributed by atoms with van der Waals surface area (Å²) in [6.45, 7) is 3.51. The van der Waals surface area contributed by atoms with E-state index in [0.29, 0.717) is 13.3 Å². The molecule has 30 heavy (non-hydrogen) atoms. The van der Waals surface area contributed by atoms with Crippen LogP contribution in [0.5, 0.6) is 0 Å². The smallest absolute Gasteiger partial charge is 0.271 e. The number of hydrogen-bond donors (Lipinski definition) is 2. The number of Topliss-reactive ketones (excluding diaryl/α,β-unsaturated/α-hetero) is 1. The third-order valence-corrected chi connectivity index (χ3v) is 5.57. The minimum absolute atomic E-state index is 0.0258. The Morgan fingerprint density at radius 1 is 1.17 bits per heavy atom. The Hall–Kier alpha value is -2.76. The second kappa shape index (κ2) is 9.37. The van der Waals surface area contributed by atoms with Crippen molar-refractivity contribution in [1.29, 1.82) is 5.26 Å². The van der Waals surface area contributed by atoms with Gasteiger partial charge in [0, 0.05) is 35.2 Å². The van der Waals surface area contributed by atoms with E-state index < -0.39 is 23.0 Å². The van der Waals surface area contributed by atoms with Gasteiger partial charge in [0.15, 0.2) is 0 Å². The summed E-state index contributed by atoms with van der Waals surface area (Å²) in [6.07, 6.45) is 0.342. The van der Waals surface area contributed by atoms with Crippen LogP contribution < -0.4 is 5.32 Å². The van der Waals surface area contributed by atoms with E-state index >= 15 is 0 Å². The molecule has 0 spiro atoms. The van der Waals surface area contributed by atoms with E-state index in [1.165, 1.54) is 37.7 Å². The lowest BCUT2D eigenvalue weighted by molar-refractivity contribution is -0.130. The second-order valence-electron chi connectivity index (χ2n) is 7.30. The molecule has 5 nitrogen and oxygen atoms in total. The van der Waals surface area contributed by atoms with Crippen LogP contribution in [0, 0.1) is 11.3 Å². The van der Waals surface area contributed by atoms with Crippen LogP contribution in [0.3, 0.4) is 0 Å². The zero-order chi connectivity index (χ0) is 22.5. The van der Waals surface area contributed by atoms with E-state index in [4.69, 9.17) is 5.26 Å². The van der Waals surface area contributed by atoms with Crippen molar-refractivity contribution in [1.82, 2.24) is 0 Å². The minimum atomic E-state index is -3.25. The molecule has 0 heterocycles. The molecule has 0 saturated heterocycles. The molecule has 1 atom stereocenters. The van der Waals surface area contributed by atoms with E-state index in [1.807, 2.05) is 12.1 Å². The number of rotatable bonds is 8. The van der Waals surface area contributed by atoms with Crippen molar-refractivity contribution < 1.29 is 23.5 Å². The number of halogens is 2. The summed E-state index contributed by atoms with van der Waals surface area (Å²) in [5.41, 5.74) is -1.51. The van der Waals surface area contributed by atoms with Gasteiger partial charge in [0.05, 0.1) is 11.6 Å². The molecule has 0 aliphatic carbocycles. The quantitative estimate of drug-likeness (QED) is 0.608. The van der Waals surface area contributed by atoms with Crippen molar-refractivity contribution in [3.8, 4) is 6.07 Å².